The van der Waals surface area contributed by atoms with E-state index < -0.39 is 0 Å². The van der Waals surface area contributed by atoms with Crippen LogP contribution in [0.3, 0.4) is 0 Å². The van der Waals surface area contributed by atoms with Crippen LogP contribution in [0.4, 0.5) is 0 Å². The van der Waals surface area contributed by atoms with Crippen LogP contribution >= 0.6 is 0 Å². The van der Waals surface area contributed by atoms with Crippen molar-refractivity contribution in [1.29, 1.82) is 0 Å². The molecule has 1 fully saturated rings. The summed E-state index contributed by atoms with van der Waals surface area (Å²) in [7, 11) is 0. The standard InChI is InChI=1S/C21H29N3O/c25-16-11-21-18-23(17-20-10-4-5-12-22-20)14-15-24(21)13-6-9-19-7-2-1-3-8-19/h1-5,7-8,10,12,21,25H,6,9,11,13-18H2/t21-/m1/s1. The average molecular weight is 339 g/mol. The lowest BCUT2D eigenvalue weighted by atomic mass is 10.1. The Kier molecular flexibility index (Phi) is 6.98. The van der Waals surface area contributed by atoms with E-state index in [4.69, 9.17) is 0 Å². The van der Waals surface area contributed by atoms with Crippen LogP contribution in [0.5, 0.6) is 0 Å². The van der Waals surface area contributed by atoms with E-state index >= 15 is 0 Å². The van der Waals surface area contributed by atoms with E-state index in [1.54, 1.807) is 0 Å². The molecule has 0 amide bonds. The van der Waals surface area contributed by atoms with Crippen molar-refractivity contribution in [2.24, 2.45) is 0 Å². The van der Waals surface area contributed by atoms with Gasteiger partial charge in [-0.15, -0.1) is 0 Å². The van der Waals surface area contributed by atoms with E-state index in [0.717, 1.165) is 51.3 Å². The van der Waals surface area contributed by atoms with Crippen LogP contribution in [0.1, 0.15) is 24.1 Å². The first-order chi connectivity index (χ1) is 12.3. The summed E-state index contributed by atoms with van der Waals surface area (Å²) in [6.45, 7) is 5.44. The largest absolute Gasteiger partial charge is 0.396 e. The first-order valence-electron chi connectivity index (χ1n) is 9.36. The number of aromatic nitrogens is 1. The molecule has 1 aromatic heterocycles. The minimum Gasteiger partial charge on any atom is -0.396 e. The smallest absolute Gasteiger partial charge is 0.0543 e. The fraction of sp³-hybridized carbons (Fsp3) is 0.476. The fourth-order valence-electron chi connectivity index (χ4n) is 3.67. The summed E-state index contributed by atoms with van der Waals surface area (Å²) in [4.78, 5) is 9.47. The van der Waals surface area contributed by atoms with Crippen LogP contribution in [0, 0.1) is 0 Å². The molecule has 0 unspecified atom stereocenters. The van der Waals surface area contributed by atoms with Crippen molar-refractivity contribution in [3.63, 3.8) is 0 Å². The number of hydrogen-bond donors (Lipinski definition) is 1. The molecule has 0 bridgehead atoms. The normalized spacial score (nSPS) is 19.2. The monoisotopic (exact) mass is 339 g/mol. The maximum Gasteiger partial charge on any atom is 0.0543 e. The Morgan fingerprint density at radius 3 is 2.64 bits per heavy atom. The van der Waals surface area contributed by atoms with Gasteiger partial charge in [-0.2, -0.15) is 0 Å². The topological polar surface area (TPSA) is 39.6 Å². The van der Waals surface area contributed by atoms with Crippen molar-refractivity contribution in [2.45, 2.75) is 31.8 Å². The summed E-state index contributed by atoms with van der Waals surface area (Å²) >= 11 is 0. The molecule has 1 saturated heterocycles. The molecule has 1 N–H and O–H groups in total. The molecule has 25 heavy (non-hydrogen) atoms. The van der Waals surface area contributed by atoms with Gasteiger partial charge >= 0.3 is 0 Å². The van der Waals surface area contributed by atoms with Gasteiger partial charge in [0.1, 0.15) is 0 Å². The average Bonchev–Trinajstić information content (AvgIpc) is 2.65. The minimum absolute atomic E-state index is 0.261. The Bertz CT molecular complexity index is 605. The zero-order valence-electron chi connectivity index (χ0n) is 14.9. The molecule has 0 radical (unpaired) electrons. The molecular formula is C21H29N3O. The predicted molar refractivity (Wildman–Crippen MR) is 101 cm³/mol. The van der Waals surface area contributed by atoms with Gasteiger partial charge in [0.15, 0.2) is 0 Å². The lowest BCUT2D eigenvalue weighted by Crippen LogP contribution is -2.53. The van der Waals surface area contributed by atoms with Gasteiger partial charge in [-0.3, -0.25) is 14.8 Å². The number of pyridine rings is 1. The highest BCUT2D eigenvalue weighted by Crippen LogP contribution is 2.16. The Morgan fingerprint density at radius 1 is 1.04 bits per heavy atom. The number of aliphatic hydroxyl groups is 1. The minimum atomic E-state index is 0.261. The first-order valence-corrected chi connectivity index (χ1v) is 9.36. The second-order valence-corrected chi connectivity index (χ2v) is 6.85. The van der Waals surface area contributed by atoms with Crippen LogP contribution < -0.4 is 0 Å². The number of piperazine rings is 1. The van der Waals surface area contributed by atoms with Crippen molar-refractivity contribution < 1.29 is 5.11 Å². The highest BCUT2D eigenvalue weighted by Gasteiger charge is 2.26. The first kappa shape index (κ1) is 18.1. The summed E-state index contributed by atoms with van der Waals surface area (Å²) in [6, 6.07) is 17.2. The Balaban J connectivity index is 1.49. The molecule has 1 atom stereocenters. The van der Waals surface area contributed by atoms with Gasteiger partial charge in [0.05, 0.1) is 5.69 Å². The quantitative estimate of drug-likeness (QED) is 0.802. The lowest BCUT2D eigenvalue weighted by molar-refractivity contribution is 0.0541. The third-order valence-corrected chi connectivity index (χ3v) is 5.02. The van der Waals surface area contributed by atoms with Crippen LogP contribution in [0.25, 0.3) is 0 Å². The van der Waals surface area contributed by atoms with Gasteiger partial charge in [0.2, 0.25) is 0 Å². The Labute approximate surface area is 151 Å². The third-order valence-electron chi connectivity index (χ3n) is 5.02. The maximum atomic E-state index is 9.46. The third kappa shape index (κ3) is 5.63. The number of hydrogen-bond acceptors (Lipinski definition) is 4. The summed E-state index contributed by atoms with van der Waals surface area (Å²) in [5.41, 5.74) is 2.54. The lowest BCUT2D eigenvalue weighted by Gasteiger charge is -2.41. The highest BCUT2D eigenvalue weighted by atomic mass is 16.3. The van der Waals surface area contributed by atoms with E-state index in [2.05, 4.69) is 51.2 Å². The van der Waals surface area contributed by atoms with Crippen LogP contribution in [0.15, 0.2) is 54.7 Å². The van der Waals surface area contributed by atoms with Gasteiger partial charge in [-0.1, -0.05) is 36.4 Å². The van der Waals surface area contributed by atoms with E-state index in [1.807, 2.05) is 18.3 Å². The van der Waals surface area contributed by atoms with E-state index in [-0.39, 0.29) is 6.61 Å². The fourth-order valence-corrected chi connectivity index (χ4v) is 3.67. The Morgan fingerprint density at radius 2 is 1.88 bits per heavy atom. The molecule has 1 aromatic carbocycles. The molecule has 134 valence electrons. The zero-order valence-corrected chi connectivity index (χ0v) is 14.9. The molecule has 0 saturated carbocycles. The van der Waals surface area contributed by atoms with Gasteiger partial charge in [0, 0.05) is 45.0 Å². The molecule has 0 aliphatic carbocycles. The van der Waals surface area contributed by atoms with Crippen molar-refractivity contribution in [1.82, 2.24) is 14.8 Å². The second-order valence-electron chi connectivity index (χ2n) is 6.85. The van der Waals surface area contributed by atoms with E-state index in [1.165, 1.54) is 12.0 Å². The van der Waals surface area contributed by atoms with E-state index in [0.29, 0.717) is 6.04 Å². The highest BCUT2D eigenvalue weighted by molar-refractivity contribution is 5.14. The van der Waals surface area contributed by atoms with Gasteiger partial charge in [-0.05, 0) is 43.5 Å². The van der Waals surface area contributed by atoms with Crippen LogP contribution in [-0.2, 0) is 13.0 Å². The van der Waals surface area contributed by atoms with Gasteiger partial charge in [-0.25, -0.2) is 0 Å². The summed E-state index contributed by atoms with van der Waals surface area (Å²) in [5, 5.41) is 9.46. The summed E-state index contributed by atoms with van der Waals surface area (Å²) in [5.74, 6) is 0. The van der Waals surface area contributed by atoms with Crippen molar-refractivity contribution in [2.75, 3.05) is 32.8 Å². The number of nitrogens with zero attached hydrogens (tertiary/aromatic N) is 3. The zero-order chi connectivity index (χ0) is 17.3. The SMILES string of the molecule is OCC[C@@H]1CN(Cc2ccccn2)CCN1CCCc1ccccc1. The molecular weight excluding hydrogens is 310 g/mol. The molecule has 1 aliphatic heterocycles. The molecule has 4 nitrogen and oxygen atoms in total. The predicted octanol–water partition coefficient (Wildman–Crippen LogP) is 2.58. The van der Waals surface area contributed by atoms with Crippen LogP contribution in [0.2, 0.25) is 0 Å². The van der Waals surface area contributed by atoms with Crippen LogP contribution in [-0.4, -0.2) is 58.7 Å². The summed E-state index contributed by atoms with van der Waals surface area (Å²) < 4.78 is 0. The number of benzene rings is 1. The van der Waals surface area contributed by atoms with E-state index in [9.17, 15) is 5.11 Å². The Hall–Kier alpha value is -1.75. The molecule has 4 heteroatoms. The number of aliphatic hydroxyl groups excluding tert-OH is 1. The molecule has 0 spiro atoms. The van der Waals surface area contributed by atoms with Crippen molar-refractivity contribution >= 4 is 0 Å². The molecule has 1 aliphatic rings. The second kappa shape index (κ2) is 9.66. The molecule has 2 aromatic rings. The van der Waals surface area contributed by atoms with Crippen molar-refractivity contribution in [3.05, 3.63) is 66.0 Å². The molecule has 3 rings (SSSR count). The van der Waals surface area contributed by atoms with Gasteiger partial charge in [0.25, 0.3) is 0 Å². The molecule has 2 heterocycles. The summed E-state index contributed by atoms with van der Waals surface area (Å²) in [6.07, 6.45) is 5.01. The number of rotatable bonds is 8. The number of aryl methyl sites for hydroxylation is 1. The van der Waals surface area contributed by atoms with Crippen molar-refractivity contribution in [3.8, 4) is 0 Å². The van der Waals surface area contributed by atoms with Gasteiger partial charge < -0.3 is 5.11 Å². The maximum absolute atomic E-state index is 9.46.